The maximum Gasteiger partial charge on any atom is 0.335 e. The molecule has 0 unspecified atom stereocenters. The molecule has 16 heavy (non-hydrogen) atoms. The molecule has 0 bridgehead atoms. The van der Waals surface area contributed by atoms with E-state index in [9.17, 15) is 4.79 Å². The normalized spacial score (nSPS) is 14.8. The van der Waals surface area contributed by atoms with E-state index in [0.717, 1.165) is 30.3 Å². The lowest BCUT2D eigenvalue weighted by molar-refractivity contribution is 0.0696. The molecule has 0 amide bonds. The van der Waals surface area contributed by atoms with E-state index >= 15 is 0 Å². The highest BCUT2D eigenvalue weighted by atomic mass is 16.5. The summed E-state index contributed by atoms with van der Waals surface area (Å²) in [6.07, 6.45) is 3.78. The Labute approximate surface area is 95.0 Å². The number of benzene rings is 1. The maximum atomic E-state index is 10.8. The smallest absolute Gasteiger partial charge is 0.335 e. The summed E-state index contributed by atoms with van der Waals surface area (Å²) in [6.45, 7) is 2.52. The van der Waals surface area contributed by atoms with Gasteiger partial charge in [0, 0.05) is 0 Å². The Hall–Kier alpha value is -1.51. The van der Waals surface area contributed by atoms with Gasteiger partial charge in [0.25, 0.3) is 0 Å². The number of ether oxygens (including phenoxy) is 1. The second-order valence-electron chi connectivity index (χ2n) is 4.36. The van der Waals surface area contributed by atoms with Gasteiger partial charge in [-0.1, -0.05) is 12.8 Å². The van der Waals surface area contributed by atoms with Crippen LogP contribution in [0.3, 0.4) is 0 Å². The summed E-state index contributed by atoms with van der Waals surface area (Å²) in [4.78, 5) is 10.8. The van der Waals surface area contributed by atoms with Gasteiger partial charge in [0.15, 0.2) is 0 Å². The van der Waals surface area contributed by atoms with Crippen molar-refractivity contribution in [3.8, 4) is 5.75 Å². The van der Waals surface area contributed by atoms with Crippen LogP contribution in [-0.4, -0.2) is 17.7 Å². The number of carbonyl (C=O) groups is 1. The largest absolute Gasteiger partial charge is 0.494 e. The number of aryl methyl sites for hydroxylation is 1. The van der Waals surface area contributed by atoms with Gasteiger partial charge in [0.1, 0.15) is 5.75 Å². The van der Waals surface area contributed by atoms with Gasteiger partial charge in [-0.25, -0.2) is 4.79 Å². The predicted molar refractivity (Wildman–Crippen MR) is 61.0 cm³/mol. The average Bonchev–Trinajstić information content (AvgIpc) is 3.01. The van der Waals surface area contributed by atoms with Gasteiger partial charge < -0.3 is 9.84 Å². The Morgan fingerprint density at radius 2 is 2.25 bits per heavy atom. The Morgan fingerprint density at radius 3 is 2.81 bits per heavy atom. The lowest BCUT2D eigenvalue weighted by Gasteiger charge is -2.07. The zero-order valence-corrected chi connectivity index (χ0v) is 9.40. The molecule has 0 heterocycles. The number of hydrogen-bond acceptors (Lipinski definition) is 2. The van der Waals surface area contributed by atoms with Crippen molar-refractivity contribution in [1.29, 1.82) is 0 Å². The van der Waals surface area contributed by atoms with Gasteiger partial charge in [-0.3, -0.25) is 0 Å². The number of hydrogen-bond donors (Lipinski definition) is 1. The van der Waals surface area contributed by atoms with E-state index in [1.165, 1.54) is 12.8 Å². The molecule has 1 aliphatic rings. The van der Waals surface area contributed by atoms with Gasteiger partial charge in [-0.15, -0.1) is 0 Å². The minimum absolute atomic E-state index is 0.342. The Kier molecular flexibility index (Phi) is 3.13. The monoisotopic (exact) mass is 220 g/mol. The van der Waals surface area contributed by atoms with Crippen molar-refractivity contribution in [3.63, 3.8) is 0 Å². The van der Waals surface area contributed by atoms with Crippen LogP contribution < -0.4 is 4.74 Å². The van der Waals surface area contributed by atoms with E-state index in [-0.39, 0.29) is 0 Å². The van der Waals surface area contributed by atoms with Gasteiger partial charge in [-0.2, -0.15) is 0 Å². The molecule has 1 aromatic rings. The highest BCUT2D eigenvalue weighted by Crippen LogP contribution is 2.32. The molecule has 0 radical (unpaired) electrons. The first-order chi connectivity index (χ1) is 7.66. The van der Waals surface area contributed by atoms with Crippen LogP contribution in [0.4, 0.5) is 0 Å². The summed E-state index contributed by atoms with van der Waals surface area (Å²) in [5, 5.41) is 8.87. The second-order valence-corrected chi connectivity index (χ2v) is 4.36. The average molecular weight is 220 g/mol. The molecule has 2 rings (SSSR count). The maximum absolute atomic E-state index is 10.8. The quantitative estimate of drug-likeness (QED) is 0.829. The number of rotatable bonds is 5. The molecule has 1 aliphatic carbocycles. The molecule has 1 N–H and O–H groups in total. The molecular weight excluding hydrogens is 204 g/mol. The highest BCUT2D eigenvalue weighted by molar-refractivity contribution is 5.89. The summed E-state index contributed by atoms with van der Waals surface area (Å²) in [7, 11) is 0. The van der Waals surface area contributed by atoms with Crippen LogP contribution in [0.2, 0.25) is 0 Å². The molecule has 0 aliphatic heterocycles. The standard InChI is InChI=1S/C13H16O3/c1-9-8-11(4-5-12(9)13(14)15)16-7-6-10-2-3-10/h4-5,8,10H,2-3,6-7H2,1H3,(H,14,15). The molecular formula is C13H16O3. The Balaban J connectivity index is 1.93. The van der Waals surface area contributed by atoms with Crippen molar-refractivity contribution >= 4 is 5.97 Å². The molecule has 0 atom stereocenters. The van der Waals surface area contributed by atoms with E-state index in [1.807, 2.05) is 0 Å². The second kappa shape index (κ2) is 4.56. The molecule has 0 spiro atoms. The fourth-order valence-electron chi connectivity index (χ4n) is 1.72. The van der Waals surface area contributed by atoms with Crippen LogP contribution in [0.15, 0.2) is 18.2 Å². The Morgan fingerprint density at radius 1 is 1.50 bits per heavy atom. The van der Waals surface area contributed by atoms with Crippen LogP contribution in [-0.2, 0) is 0 Å². The van der Waals surface area contributed by atoms with Gasteiger partial charge in [0.2, 0.25) is 0 Å². The lowest BCUT2D eigenvalue weighted by atomic mass is 10.1. The summed E-state index contributed by atoms with van der Waals surface area (Å²) in [5.41, 5.74) is 1.09. The third kappa shape index (κ3) is 2.75. The van der Waals surface area contributed by atoms with Crippen molar-refractivity contribution in [2.75, 3.05) is 6.61 Å². The van der Waals surface area contributed by atoms with Crippen molar-refractivity contribution in [1.82, 2.24) is 0 Å². The minimum Gasteiger partial charge on any atom is -0.494 e. The number of aromatic carboxylic acids is 1. The van der Waals surface area contributed by atoms with Crippen LogP contribution in [0.1, 0.15) is 35.2 Å². The van der Waals surface area contributed by atoms with Gasteiger partial charge >= 0.3 is 5.97 Å². The molecule has 3 nitrogen and oxygen atoms in total. The first kappa shape index (κ1) is 11.0. The molecule has 3 heteroatoms. The zero-order valence-electron chi connectivity index (χ0n) is 9.40. The summed E-state index contributed by atoms with van der Waals surface area (Å²) < 4.78 is 5.58. The lowest BCUT2D eigenvalue weighted by Crippen LogP contribution is -2.02. The topological polar surface area (TPSA) is 46.5 Å². The molecule has 0 saturated heterocycles. The van der Waals surface area contributed by atoms with E-state index in [0.29, 0.717) is 5.56 Å². The Bertz CT molecular complexity index is 394. The third-order valence-corrected chi connectivity index (χ3v) is 2.92. The summed E-state index contributed by atoms with van der Waals surface area (Å²) in [6, 6.07) is 5.11. The fourth-order valence-corrected chi connectivity index (χ4v) is 1.72. The first-order valence-electron chi connectivity index (χ1n) is 5.63. The minimum atomic E-state index is -0.887. The zero-order chi connectivity index (χ0) is 11.5. The van der Waals surface area contributed by atoms with E-state index in [4.69, 9.17) is 9.84 Å². The third-order valence-electron chi connectivity index (χ3n) is 2.92. The molecule has 1 saturated carbocycles. The highest BCUT2D eigenvalue weighted by Gasteiger charge is 2.20. The molecule has 1 fully saturated rings. The summed E-state index contributed by atoms with van der Waals surface area (Å²) >= 11 is 0. The van der Waals surface area contributed by atoms with E-state index < -0.39 is 5.97 Å². The van der Waals surface area contributed by atoms with Crippen molar-refractivity contribution in [3.05, 3.63) is 29.3 Å². The van der Waals surface area contributed by atoms with Crippen LogP contribution in [0, 0.1) is 12.8 Å². The van der Waals surface area contributed by atoms with Crippen LogP contribution in [0.5, 0.6) is 5.75 Å². The predicted octanol–water partition coefficient (Wildman–Crippen LogP) is 2.87. The first-order valence-corrected chi connectivity index (χ1v) is 5.63. The van der Waals surface area contributed by atoms with E-state index in [2.05, 4.69) is 0 Å². The van der Waals surface area contributed by atoms with Gasteiger partial charge in [0.05, 0.1) is 12.2 Å². The van der Waals surface area contributed by atoms with Crippen LogP contribution in [0.25, 0.3) is 0 Å². The van der Waals surface area contributed by atoms with E-state index in [1.54, 1.807) is 25.1 Å². The van der Waals surface area contributed by atoms with Gasteiger partial charge in [-0.05, 0) is 43.0 Å². The van der Waals surface area contributed by atoms with Crippen molar-refractivity contribution in [2.24, 2.45) is 5.92 Å². The number of carboxylic acids is 1. The fraction of sp³-hybridized carbons (Fsp3) is 0.462. The van der Waals surface area contributed by atoms with Crippen molar-refractivity contribution in [2.45, 2.75) is 26.2 Å². The molecule has 1 aromatic carbocycles. The molecule has 86 valence electrons. The SMILES string of the molecule is Cc1cc(OCCC2CC2)ccc1C(=O)O. The van der Waals surface area contributed by atoms with Crippen molar-refractivity contribution < 1.29 is 14.6 Å². The van der Waals surface area contributed by atoms with Crippen LogP contribution >= 0.6 is 0 Å². The number of carboxylic acid groups (broad SMARTS) is 1. The molecule has 0 aromatic heterocycles. The summed E-state index contributed by atoms with van der Waals surface area (Å²) in [5.74, 6) is 0.740.